The van der Waals surface area contributed by atoms with Gasteiger partial charge in [-0.2, -0.15) is 0 Å². The number of sulfonamides is 1. The highest BCUT2D eigenvalue weighted by Gasteiger charge is 2.32. The summed E-state index contributed by atoms with van der Waals surface area (Å²) in [6.45, 7) is -0.761. The van der Waals surface area contributed by atoms with Crippen molar-refractivity contribution < 1.29 is 35.9 Å². The van der Waals surface area contributed by atoms with Crippen LogP contribution in [0.2, 0.25) is 5.02 Å². The van der Waals surface area contributed by atoms with Crippen molar-refractivity contribution >= 4 is 33.2 Å². The number of ether oxygens (including phenoxy) is 2. The predicted molar refractivity (Wildman–Crippen MR) is 92.7 cm³/mol. The third kappa shape index (κ3) is 4.66. The number of nitrogens with one attached hydrogen (secondary N) is 2. The van der Waals surface area contributed by atoms with E-state index in [9.17, 15) is 26.4 Å². The zero-order valence-corrected chi connectivity index (χ0v) is 15.4. The lowest BCUT2D eigenvalue weighted by Crippen LogP contribution is -2.27. The van der Waals surface area contributed by atoms with E-state index in [1.54, 1.807) is 0 Å². The highest BCUT2D eigenvalue weighted by atomic mass is 35.5. The van der Waals surface area contributed by atoms with Crippen molar-refractivity contribution in [3.05, 3.63) is 47.0 Å². The van der Waals surface area contributed by atoms with Crippen LogP contribution in [0.5, 0.6) is 11.5 Å². The summed E-state index contributed by atoms with van der Waals surface area (Å²) in [5.41, 5.74) is 0.185. The van der Waals surface area contributed by atoms with Gasteiger partial charge in [0.25, 0.3) is 5.91 Å². The van der Waals surface area contributed by atoms with Gasteiger partial charge in [-0.3, -0.25) is 4.79 Å². The summed E-state index contributed by atoms with van der Waals surface area (Å²) in [7, 11) is -4.21. The van der Waals surface area contributed by atoms with Gasteiger partial charge < -0.3 is 14.8 Å². The Balaban J connectivity index is 1.83. The molecule has 7 nitrogen and oxygen atoms in total. The first-order valence-electron chi connectivity index (χ1n) is 7.65. The fourth-order valence-corrected chi connectivity index (χ4v) is 3.96. The van der Waals surface area contributed by atoms with Crippen LogP contribution in [-0.4, -0.2) is 27.3 Å². The average Bonchev–Trinajstić information content (AvgIpc) is 2.59. The Labute approximate surface area is 162 Å². The average molecular weight is 437 g/mol. The van der Waals surface area contributed by atoms with Crippen molar-refractivity contribution in [3.8, 4) is 11.5 Å². The quantitative estimate of drug-likeness (QED) is 0.751. The number of fused-ring (bicyclic) bond motifs is 1. The van der Waals surface area contributed by atoms with Gasteiger partial charge in [0.05, 0.1) is 10.7 Å². The van der Waals surface area contributed by atoms with Crippen molar-refractivity contribution in [2.75, 3.05) is 11.9 Å². The Bertz CT molecular complexity index is 1030. The Kier molecular flexibility index (Phi) is 5.41. The molecule has 1 aliphatic heterocycles. The van der Waals surface area contributed by atoms with E-state index in [4.69, 9.17) is 16.3 Å². The zero-order valence-electron chi connectivity index (χ0n) is 13.8. The molecule has 12 heteroatoms. The molecule has 2 N–H and O–H groups in total. The van der Waals surface area contributed by atoms with Crippen LogP contribution in [0.4, 0.5) is 18.9 Å². The third-order valence-corrected chi connectivity index (χ3v) is 5.47. The summed E-state index contributed by atoms with van der Waals surface area (Å²) in [5, 5.41) is 2.28. The molecule has 0 unspecified atom stereocenters. The second kappa shape index (κ2) is 7.49. The number of anilines is 1. The lowest BCUT2D eigenvalue weighted by Gasteiger charge is -2.19. The lowest BCUT2D eigenvalue weighted by atomic mass is 10.2. The number of hydrogen-bond donors (Lipinski definition) is 2. The van der Waals surface area contributed by atoms with Crippen LogP contribution in [0.3, 0.4) is 0 Å². The first-order valence-corrected chi connectivity index (χ1v) is 9.51. The summed E-state index contributed by atoms with van der Waals surface area (Å²) in [4.78, 5) is 11.0. The number of rotatable bonds is 5. The standard InChI is InChI=1S/C16H12ClF3N2O5S/c17-10-5-11-13(26-8-15(23)22-11)6-14(10)28(24,25)21-7-9-3-1-2-4-12(9)27-16(18,19)20/h1-6,21H,7-8H2,(H,22,23). The van der Waals surface area contributed by atoms with Gasteiger partial charge in [-0.25, -0.2) is 13.1 Å². The van der Waals surface area contributed by atoms with E-state index in [1.165, 1.54) is 24.3 Å². The highest BCUT2D eigenvalue weighted by molar-refractivity contribution is 7.89. The van der Waals surface area contributed by atoms with E-state index in [0.717, 1.165) is 12.1 Å². The first-order chi connectivity index (χ1) is 13.0. The van der Waals surface area contributed by atoms with Crippen LogP contribution in [-0.2, 0) is 21.4 Å². The predicted octanol–water partition coefficient (Wildman–Crippen LogP) is 3.05. The summed E-state index contributed by atoms with van der Waals surface area (Å²) >= 11 is 5.99. The van der Waals surface area contributed by atoms with E-state index in [-0.39, 0.29) is 33.5 Å². The molecule has 0 atom stereocenters. The van der Waals surface area contributed by atoms with Crippen molar-refractivity contribution in [1.82, 2.24) is 4.72 Å². The smallest absolute Gasteiger partial charge is 0.482 e. The molecule has 0 saturated heterocycles. The van der Waals surface area contributed by atoms with Crippen molar-refractivity contribution in [2.24, 2.45) is 0 Å². The molecule has 2 aromatic carbocycles. The molecule has 2 aromatic rings. The van der Waals surface area contributed by atoms with Crippen LogP contribution in [0, 0.1) is 0 Å². The highest BCUT2D eigenvalue weighted by Crippen LogP contribution is 2.35. The van der Waals surface area contributed by atoms with Crippen molar-refractivity contribution in [2.45, 2.75) is 17.8 Å². The molecule has 3 rings (SSSR count). The fourth-order valence-electron chi connectivity index (χ4n) is 2.41. The molecule has 0 bridgehead atoms. The molecular formula is C16H12ClF3N2O5S. The minimum atomic E-state index is -4.92. The van der Waals surface area contributed by atoms with E-state index in [2.05, 4.69) is 14.8 Å². The largest absolute Gasteiger partial charge is 0.573 e. The number of hydrogen-bond acceptors (Lipinski definition) is 5. The van der Waals surface area contributed by atoms with Crippen LogP contribution in [0.15, 0.2) is 41.3 Å². The van der Waals surface area contributed by atoms with Gasteiger partial charge in [-0.15, -0.1) is 13.2 Å². The monoisotopic (exact) mass is 436 g/mol. The maximum atomic E-state index is 12.6. The van der Waals surface area contributed by atoms with Crippen LogP contribution < -0.4 is 19.5 Å². The zero-order chi connectivity index (χ0) is 20.5. The van der Waals surface area contributed by atoms with Crippen LogP contribution >= 0.6 is 11.6 Å². The maximum Gasteiger partial charge on any atom is 0.573 e. The van der Waals surface area contributed by atoms with Crippen LogP contribution in [0.25, 0.3) is 0 Å². The molecule has 0 radical (unpaired) electrons. The summed E-state index contributed by atoms with van der Waals surface area (Å²) in [6, 6.07) is 7.46. The van der Waals surface area contributed by atoms with Gasteiger partial charge in [0.15, 0.2) is 6.61 Å². The number of halogens is 4. The van der Waals surface area contributed by atoms with Crippen LogP contribution in [0.1, 0.15) is 5.56 Å². The molecule has 0 spiro atoms. The Hall–Kier alpha value is -2.50. The molecule has 0 saturated carbocycles. The topological polar surface area (TPSA) is 93.7 Å². The molecule has 0 aromatic heterocycles. The van der Waals surface area contributed by atoms with Crippen molar-refractivity contribution in [3.63, 3.8) is 0 Å². The van der Waals surface area contributed by atoms with E-state index < -0.39 is 34.6 Å². The Morgan fingerprint density at radius 1 is 1.25 bits per heavy atom. The number of alkyl halides is 3. The van der Waals surface area contributed by atoms with E-state index >= 15 is 0 Å². The number of benzene rings is 2. The Morgan fingerprint density at radius 3 is 2.68 bits per heavy atom. The Morgan fingerprint density at radius 2 is 1.96 bits per heavy atom. The van der Waals surface area contributed by atoms with E-state index in [1.807, 2.05) is 0 Å². The normalized spacial score (nSPS) is 14.1. The van der Waals surface area contributed by atoms with Crippen molar-refractivity contribution in [1.29, 1.82) is 0 Å². The number of para-hydroxylation sites is 1. The SMILES string of the molecule is O=C1COc2cc(S(=O)(=O)NCc3ccccc3OC(F)(F)F)c(Cl)cc2N1. The third-order valence-electron chi connectivity index (χ3n) is 3.61. The van der Waals surface area contributed by atoms with Gasteiger partial charge >= 0.3 is 6.36 Å². The molecule has 0 aliphatic carbocycles. The molecular weight excluding hydrogens is 425 g/mol. The molecule has 150 valence electrons. The number of carbonyl (C=O) groups excluding carboxylic acids is 1. The summed E-state index contributed by atoms with van der Waals surface area (Å²) < 4.78 is 73.8. The molecule has 1 aliphatic rings. The molecule has 0 fully saturated rings. The second-order valence-corrected chi connectivity index (χ2v) is 7.74. The second-order valence-electron chi connectivity index (χ2n) is 5.60. The van der Waals surface area contributed by atoms with Gasteiger partial charge in [-0.05, 0) is 12.1 Å². The first kappa shape index (κ1) is 20.2. The van der Waals surface area contributed by atoms with Gasteiger partial charge in [0.2, 0.25) is 10.0 Å². The number of amides is 1. The lowest BCUT2D eigenvalue weighted by molar-refractivity contribution is -0.274. The van der Waals surface area contributed by atoms with Gasteiger partial charge in [0.1, 0.15) is 16.4 Å². The molecule has 1 amide bonds. The van der Waals surface area contributed by atoms with Gasteiger partial charge in [-0.1, -0.05) is 29.8 Å². The summed E-state index contributed by atoms with van der Waals surface area (Å²) in [5.74, 6) is -0.843. The molecule has 1 heterocycles. The fraction of sp³-hybridized carbons (Fsp3) is 0.188. The van der Waals surface area contributed by atoms with Gasteiger partial charge in [0, 0.05) is 18.2 Å². The summed E-state index contributed by atoms with van der Waals surface area (Å²) in [6.07, 6.45) is -4.92. The van der Waals surface area contributed by atoms with E-state index in [0.29, 0.717) is 0 Å². The number of carbonyl (C=O) groups is 1. The minimum absolute atomic E-state index is 0.0269. The minimum Gasteiger partial charge on any atom is -0.482 e. The maximum absolute atomic E-state index is 12.6. The molecule has 28 heavy (non-hydrogen) atoms.